The lowest BCUT2D eigenvalue weighted by atomic mass is 9.77. The molecule has 6 rings (SSSR count). The molecule has 2 amide bonds. The summed E-state index contributed by atoms with van der Waals surface area (Å²) in [6.45, 7) is 10.3. The lowest BCUT2D eigenvalue weighted by molar-refractivity contribution is -0.00767. The number of nitrogens with two attached hydrogens (primary N) is 1. The molecule has 0 unspecified atom stereocenters. The van der Waals surface area contributed by atoms with E-state index in [1.54, 1.807) is 28.0 Å². The Morgan fingerprint density at radius 3 is 2.33 bits per heavy atom. The van der Waals surface area contributed by atoms with Gasteiger partial charge in [0.05, 0.1) is 11.8 Å². The van der Waals surface area contributed by atoms with Gasteiger partial charge in [-0.3, -0.25) is 19.2 Å². The van der Waals surface area contributed by atoms with Crippen LogP contribution in [0.1, 0.15) is 67.7 Å². The summed E-state index contributed by atoms with van der Waals surface area (Å²) in [6, 6.07) is 14.2. The van der Waals surface area contributed by atoms with Gasteiger partial charge in [-0.1, -0.05) is 12.1 Å². The highest BCUT2D eigenvalue weighted by atomic mass is 16.2. The Hall–Kier alpha value is -4.44. The maximum absolute atomic E-state index is 13.5. The van der Waals surface area contributed by atoms with Crippen LogP contribution in [-0.2, 0) is 7.05 Å². The molecule has 2 aliphatic heterocycles. The Morgan fingerprint density at radius 1 is 0.911 bits per heavy atom. The number of hydrogen-bond acceptors (Lipinski definition) is 7. The van der Waals surface area contributed by atoms with E-state index in [0.29, 0.717) is 36.7 Å². The van der Waals surface area contributed by atoms with Crippen LogP contribution in [0.3, 0.4) is 0 Å². The second-order valence-corrected chi connectivity index (χ2v) is 14.0. The van der Waals surface area contributed by atoms with Crippen molar-refractivity contribution >= 4 is 34.1 Å². The first-order chi connectivity index (χ1) is 21.3. The summed E-state index contributed by atoms with van der Waals surface area (Å²) in [5, 5.41) is 13.1. The van der Waals surface area contributed by atoms with Crippen LogP contribution in [0.4, 0.5) is 11.5 Å². The molecule has 0 saturated carbocycles. The molecule has 45 heavy (non-hydrogen) atoms. The maximum Gasteiger partial charge on any atom is 0.255 e. The molecule has 2 fully saturated rings. The fourth-order valence-electron chi connectivity index (χ4n) is 7.07. The lowest BCUT2D eigenvalue weighted by Crippen LogP contribution is -2.61. The summed E-state index contributed by atoms with van der Waals surface area (Å²) in [6.07, 6.45) is 8.01. The van der Waals surface area contributed by atoms with Crippen LogP contribution in [0, 0.1) is 0 Å². The van der Waals surface area contributed by atoms with E-state index in [-0.39, 0.29) is 34.8 Å². The minimum Gasteiger partial charge on any atom is -0.383 e. The zero-order valence-corrected chi connectivity index (χ0v) is 27.1. The van der Waals surface area contributed by atoms with Gasteiger partial charge in [0.2, 0.25) is 0 Å². The van der Waals surface area contributed by atoms with E-state index in [2.05, 4.69) is 78.6 Å². The molecule has 0 aliphatic carbocycles. The van der Waals surface area contributed by atoms with Gasteiger partial charge >= 0.3 is 0 Å². The number of benzene rings is 2. The molecule has 10 nitrogen and oxygen atoms in total. The minimum absolute atomic E-state index is 0.0357. The first-order valence-corrected chi connectivity index (χ1v) is 15.7. The lowest BCUT2D eigenvalue weighted by Gasteiger charge is -2.54. The van der Waals surface area contributed by atoms with Crippen LogP contribution in [0.2, 0.25) is 0 Å². The zero-order valence-electron chi connectivity index (χ0n) is 27.1. The summed E-state index contributed by atoms with van der Waals surface area (Å²) in [4.78, 5) is 35.2. The smallest absolute Gasteiger partial charge is 0.255 e. The predicted molar refractivity (Wildman–Crippen MR) is 179 cm³/mol. The van der Waals surface area contributed by atoms with Crippen LogP contribution >= 0.6 is 0 Å². The van der Waals surface area contributed by atoms with E-state index < -0.39 is 0 Å². The second kappa shape index (κ2) is 11.5. The third-order valence-electron chi connectivity index (χ3n) is 9.78. The van der Waals surface area contributed by atoms with E-state index in [1.165, 1.54) is 0 Å². The number of carbonyl (C=O) groups is 2. The molecule has 2 aromatic heterocycles. The number of aryl methyl sites for hydroxylation is 1. The van der Waals surface area contributed by atoms with Crippen LogP contribution in [0.15, 0.2) is 61.1 Å². The maximum atomic E-state index is 13.5. The summed E-state index contributed by atoms with van der Waals surface area (Å²) >= 11 is 0. The number of nitrogens with one attached hydrogen (secondary N) is 2. The number of piperidine rings is 1. The number of likely N-dealkylation sites (tertiary alicyclic amines) is 2. The predicted octanol–water partition coefficient (Wildman–Crippen LogP) is 4.93. The third kappa shape index (κ3) is 6.24. The highest BCUT2D eigenvalue weighted by Gasteiger charge is 2.43. The number of rotatable bonds is 6. The summed E-state index contributed by atoms with van der Waals surface area (Å²) in [5.41, 5.74) is 9.96. The van der Waals surface area contributed by atoms with Crippen molar-refractivity contribution in [2.75, 3.05) is 31.2 Å². The van der Waals surface area contributed by atoms with Crippen molar-refractivity contribution in [1.29, 1.82) is 0 Å². The number of aromatic nitrogens is 3. The molecule has 1 atom stereocenters. The molecule has 0 spiro atoms. The summed E-state index contributed by atoms with van der Waals surface area (Å²) < 4.78 is 1.69. The molecule has 4 heterocycles. The quantitative estimate of drug-likeness (QED) is 0.284. The molecule has 4 N–H and O–H groups in total. The molecule has 0 radical (unpaired) electrons. The van der Waals surface area contributed by atoms with E-state index in [9.17, 15) is 9.59 Å². The Bertz CT molecular complexity index is 1740. The third-order valence-corrected chi connectivity index (χ3v) is 9.78. The normalized spacial score (nSPS) is 20.0. The van der Waals surface area contributed by atoms with Crippen molar-refractivity contribution in [3.05, 3.63) is 72.2 Å². The summed E-state index contributed by atoms with van der Waals surface area (Å²) in [5.74, 6) is -0.168. The van der Waals surface area contributed by atoms with Gasteiger partial charge in [0, 0.05) is 78.1 Å². The molecule has 236 valence electrons. The van der Waals surface area contributed by atoms with Crippen molar-refractivity contribution in [1.82, 2.24) is 29.9 Å². The van der Waals surface area contributed by atoms with E-state index in [1.807, 2.05) is 31.4 Å². The average molecular weight is 609 g/mol. The number of nitrogen functional groups attached to an aromatic ring is 1. The fourth-order valence-corrected chi connectivity index (χ4v) is 7.07. The molecule has 2 saturated heterocycles. The number of carbonyl (C=O) groups excluding carboxylic acids is 2. The van der Waals surface area contributed by atoms with Crippen LogP contribution in [0.5, 0.6) is 0 Å². The van der Waals surface area contributed by atoms with E-state index >= 15 is 0 Å². The van der Waals surface area contributed by atoms with Gasteiger partial charge in [-0.25, -0.2) is 4.98 Å². The van der Waals surface area contributed by atoms with Crippen LogP contribution in [0.25, 0.3) is 21.9 Å². The Labute approximate surface area is 265 Å². The standard InChI is InChI=1S/C35H44N8O2/c1-34(2)16-29(17-35(3,4)42(34)6)39-27-10-9-22-13-24(8-7-23(22)14-27)33(45)43-12-11-28(21-43)40-32(44)30-15-25(18-37-31(30)36)26-19-38-41(5)20-26/h7-10,13-15,18-20,28-29,39H,11-12,16-17,21H2,1-6H3,(H2,36,37)(H,40,44)/t28-/m1/s1. The number of anilines is 2. The number of nitrogens with zero attached hydrogens (tertiary/aromatic N) is 5. The van der Waals surface area contributed by atoms with Gasteiger partial charge in [-0.2, -0.15) is 5.10 Å². The largest absolute Gasteiger partial charge is 0.383 e. The Balaban J connectivity index is 1.09. The van der Waals surface area contributed by atoms with Crippen molar-refractivity contribution in [3.8, 4) is 11.1 Å². The molecular weight excluding hydrogens is 564 g/mol. The number of hydrogen-bond donors (Lipinski definition) is 3. The topological polar surface area (TPSA) is 121 Å². The van der Waals surface area contributed by atoms with E-state index in [4.69, 9.17) is 5.73 Å². The molecule has 2 aliphatic rings. The average Bonchev–Trinajstić information content (AvgIpc) is 3.64. The highest BCUT2D eigenvalue weighted by Crippen LogP contribution is 2.38. The van der Waals surface area contributed by atoms with Crippen molar-refractivity contribution in [2.45, 2.75) is 70.1 Å². The van der Waals surface area contributed by atoms with Crippen LogP contribution in [-0.4, -0.2) is 79.7 Å². The van der Waals surface area contributed by atoms with Crippen LogP contribution < -0.4 is 16.4 Å². The first-order valence-electron chi connectivity index (χ1n) is 15.7. The molecular formula is C35H44N8O2. The number of amides is 2. The monoisotopic (exact) mass is 608 g/mol. The highest BCUT2D eigenvalue weighted by molar-refractivity contribution is 6.01. The molecule has 10 heteroatoms. The number of fused-ring (bicyclic) bond motifs is 1. The molecule has 4 aromatic rings. The van der Waals surface area contributed by atoms with Gasteiger partial charge in [0.1, 0.15) is 5.82 Å². The summed E-state index contributed by atoms with van der Waals surface area (Å²) in [7, 11) is 4.06. The zero-order chi connectivity index (χ0) is 32.1. The van der Waals surface area contributed by atoms with Gasteiger partial charge < -0.3 is 21.3 Å². The fraction of sp³-hybridized carbons (Fsp3) is 0.429. The van der Waals surface area contributed by atoms with Crippen molar-refractivity contribution in [2.24, 2.45) is 7.05 Å². The van der Waals surface area contributed by atoms with Gasteiger partial charge in [-0.15, -0.1) is 0 Å². The number of pyridine rings is 1. The Morgan fingerprint density at radius 2 is 1.62 bits per heavy atom. The van der Waals surface area contributed by atoms with E-state index in [0.717, 1.165) is 40.4 Å². The second-order valence-electron chi connectivity index (χ2n) is 14.0. The SMILES string of the molecule is CN1C(C)(C)CC(Nc2ccc3cc(C(=O)N4CC[C@@H](NC(=O)c5cc(-c6cnn(C)c6)cnc5N)C4)ccc3c2)CC1(C)C. The first kappa shape index (κ1) is 30.6. The molecule has 0 bridgehead atoms. The minimum atomic E-state index is -0.299. The van der Waals surface area contributed by atoms with Gasteiger partial charge in [0.25, 0.3) is 11.8 Å². The van der Waals surface area contributed by atoms with Gasteiger partial charge in [0.15, 0.2) is 0 Å². The van der Waals surface area contributed by atoms with Crippen molar-refractivity contribution < 1.29 is 9.59 Å². The Kier molecular flexibility index (Phi) is 7.81. The molecule has 2 aromatic carbocycles. The van der Waals surface area contributed by atoms with Crippen molar-refractivity contribution in [3.63, 3.8) is 0 Å². The van der Waals surface area contributed by atoms with Gasteiger partial charge in [-0.05, 0) is 95.1 Å².